The summed E-state index contributed by atoms with van der Waals surface area (Å²) in [5.41, 5.74) is 0.922. The minimum atomic E-state index is -0.678. The number of rotatable bonds is 6. The van der Waals surface area contributed by atoms with Crippen LogP contribution in [-0.2, 0) is 20.7 Å². The molecule has 0 bridgehead atoms. The topological polar surface area (TPSA) is 64.6 Å². The van der Waals surface area contributed by atoms with Crippen molar-refractivity contribution in [1.82, 2.24) is 5.32 Å². The first-order valence-corrected chi connectivity index (χ1v) is 6.53. The van der Waals surface area contributed by atoms with E-state index in [0.717, 1.165) is 11.3 Å². The summed E-state index contributed by atoms with van der Waals surface area (Å²) in [7, 11) is 1.59. The van der Waals surface area contributed by atoms with Crippen molar-refractivity contribution in [3.8, 4) is 5.75 Å². The van der Waals surface area contributed by atoms with Gasteiger partial charge in [-0.15, -0.1) is 0 Å². The van der Waals surface area contributed by atoms with Gasteiger partial charge in [-0.25, -0.2) is 4.79 Å². The van der Waals surface area contributed by atoms with E-state index in [1.165, 1.54) is 6.92 Å². The highest BCUT2D eigenvalue weighted by Gasteiger charge is 2.22. The van der Waals surface area contributed by atoms with Gasteiger partial charge in [0.25, 0.3) is 0 Å². The molecule has 0 heterocycles. The second-order valence-electron chi connectivity index (χ2n) is 4.79. The second kappa shape index (κ2) is 7.53. The second-order valence-corrected chi connectivity index (χ2v) is 4.79. The molecule has 20 heavy (non-hydrogen) atoms. The number of ether oxygens (including phenoxy) is 2. The normalized spacial score (nSPS) is 11.8. The lowest BCUT2D eigenvalue weighted by Gasteiger charge is -2.18. The lowest BCUT2D eigenvalue weighted by atomic mass is 10.1. The Hall–Kier alpha value is -2.04. The van der Waals surface area contributed by atoms with Crippen LogP contribution in [0.2, 0.25) is 0 Å². The summed E-state index contributed by atoms with van der Waals surface area (Å²) in [5, 5.41) is 2.62. The van der Waals surface area contributed by atoms with Crippen LogP contribution in [0.15, 0.2) is 24.3 Å². The molecule has 0 saturated carbocycles. The van der Waals surface area contributed by atoms with E-state index in [4.69, 9.17) is 9.47 Å². The molecule has 1 aromatic rings. The van der Waals surface area contributed by atoms with Crippen molar-refractivity contribution in [2.75, 3.05) is 7.11 Å². The molecule has 5 nitrogen and oxygen atoms in total. The summed E-state index contributed by atoms with van der Waals surface area (Å²) in [6.07, 6.45) is 0.171. The first-order chi connectivity index (χ1) is 9.42. The van der Waals surface area contributed by atoms with Crippen LogP contribution in [0.5, 0.6) is 5.75 Å². The Bertz CT molecular complexity index is 453. The highest BCUT2D eigenvalue weighted by Crippen LogP contribution is 2.13. The van der Waals surface area contributed by atoms with Crippen molar-refractivity contribution in [2.45, 2.75) is 39.3 Å². The van der Waals surface area contributed by atoms with Crippen LogP contribution in [-0.4, -0.2) is 31.1 Å². The summed E-state index contributed by atoms with van der Waals surface area (Å²) in [6.45, 7) is 4.93. The van der Waals surface area contributed by atoms with E-state index in [9.17, 15) is 9.59 Å². The molecule has 0 aliphatic carbocycles. The minimum Gasteiger partial charge on any atom is -0.497 e. The quantitative estimate of drug-likeness (QED) is 0.805. The van der Waals surface area contributed by atoms with E-state index >= 15 is 0 Å². The van der Waals surface area contributed by atoms with Gasteiger partial charge in [-0.05, 0) is 31.5 Å². The van der Waals surface area contributed by atoms with Gasteiger partial charge in [0.2, 0.25) is 5.91 Å². The number of carbonyl (C=O) groups excluding carboxylic acids is 2. The van der Waals surface area contributed by atoms with E-state index in [0.29, 0.717) is 6.42 Å². The maximum absolute atomic E-state index is 12.0. The highest BCUT2D eigenvalue weighted by molar-refractivity contribution is 5.83. The molecule has 0 unspecified atom stereocenters. The van der Waals surface area contributed by atoms with Crippen LogP contribution in [0.4, 0.5) is 0 Å². The number of esters is 1. The molecule has 0 radical (unpaired) electrons. The number of benzene rings is 1. The predicted molar refractivity (Wildman–Crippen MR) is 75.5 cm³/mol. The molecule has 110 valence electrons. The zero-order valence-corrected chi connectivity index (χ0v) is 12.3. The van der Waals surface area contributed by atoms with E-state index in [1.807, 2.05) is 24.3 Å². The first kappa shape index (κ1) is 16.0. The van der Waals surface area contributed by atoms with Crippen molar-refractivity contribution in [2.24, 2.45) is 0 Å². The Labute approximate surface area is 119 Å². The summed E-state index contributed by atoms with van der Waals surface area (Å²) < 4.78 is 10.2. The molecule has 1 atom stereocenters. The lowest BCUT2D eigenvalue weighted by molar-refractivity contribution is -0.151. The smallest absolute Gasteiger partial charge is 0.329 e. The van der Waals surface area contributed by atoms with Gasteiger partial charge in [0.1, 0.15) is 11.8 Å². The SMILES string of the molecule is COc1ccc(C[C@@H](NC(C)=O)C(=O)OC(C)C)cc1. The number of carbonyl (C=O) groups is 2. The van der Waals surface area contributed by atoms with Crippen molar-refractivity contribution in [1.29, 1.82) is 0 Å². The summed E-state index contributed by atoms with van der Waals surface area (Å²) >= 11 is 0. The molecule has 0 fully saturated rings. The third-order valence-corrected chi connectivity index (χ3v) is 2.61. The van der Waals surface area contributed by atoms with Crippen molar-refractivity contribution in [3.05, 3.63) is 29.8 Å². The predicted octanol–water partition coefficient (Wildman–Crippen LogP) is 1.69. The Morgan fingerprint density at radius 3 is 2.25 bits per heavy atom. The minimum absolute atomic E-state index is 0.213. The first-order valence-electron chi connectivity index (χ1n) is 6.53. The number of hydrogen-bond donors (Lipinski definition) is 1. The van der Waals surface area contributed by atoms with Crippen molar-refractivity contribution >= 4 is 11.9 Å². The van der Waals surface area contributed by atoms with Crippen LogP contribution in [0.3, 0.4) is 0 Å². The summed E-state index contributed by atoms with van der Waals surface area (Å²) in [6, 6.07) is 6.66. The summed E-state index contributed by atoms with van der Waals surface area (Å²) in [4.78, 5) is 23.2. The van der Waals surface area contributed by atoms with Crippen molar-refractivity contribution in [3.63, 3.8) is 0 Å². The van der Waals surface area contributed by atoms with Crippen LogP contribution >= 0.6 is 0 Å². The van der Waals surface area contributed by atoms with E-state index in [1.54, 1.807) is 21.0 Å². The number of hydrogen-bond acceptors (Lipinski definition) is 4. The van der Waals surface area contributed by atoms with Crippen molar-refractivity contribution < 1.29 is 19.1 Å². The van der Waals surface area contributed by atoms with E-state index in [2.05, 4.69) is 5.32 Å². The Balaban J connectivity index is 2.77. The molecule has 1 rings (SSSR count). The summed E-state index contributed by atoms with van der Waals surface area (Å²) in [5.74, 6) is 0.0600. The molecule has 0 spiro atoms. The monoisotopic (exact) mass is 279 g/mol. The fraction of sp³-hybridized carbons (Fsp3) is 0.467. The molecule has 5 heteroatoms. The highest BCUT2D eigenvalue weighted by atomic mass is 16.5. The number of methoxy groups -OCH3 is 1. The lowest BCUT2D eigenvalue weighted by Crippen LogP contribution is -2.43. The Morgan fingerprint density at radius 1 is 1.20 bits per heavy atom. The fourth-order valence-corrected chi connectivity index (χ4v) is 1.75. The fourth-order valence-electron chi connectivity index (χ4n) is 1.75. The van der Waals surface area contributed by atoms with E-state index in [-0.39, 0.29) is 12.0 Å². The van der Waals surface area contributed by atoms with Gasteiger partial charge in [0.05, 0.1) is 13.2 Å². The van der Waals surface area contributed by atoms with Gasteiger partial charge in [-0.2, -0.15) is 0 Å². The van der Waals surface area contributed by atoms with Gasteiger partial charge in [-0.3, -0.25) is 4.79 Å². The Kier molecular flexibility index (Phi) is 6.03. The largest absolute Gasteiger partial charge is 0.497 e. The molecular weight excluding hydrogens is 258 g/mol. The van der Waals surface area contributed by atoms with Crippen LogP contribution in [0, 0.1) is 0 Å². The molecule has 0 saturated heterocycles. The van der Waals surface area contributed by atoms with Gasteiger partial charge < -0.3 is 14.8 Å². The maximum Gasteiger partial charge on any atom is 0.329 e. The van der Waals surface area contributed by atoms with Crippen LogP contribution in [0.25, 0.3) is 0 Å². The van der Waals surface area contributed by atoms with Crippen LogP contribution in [0.1, 0.15) is 26.3 Å². The molecule has 0 aliphatic heterocycles. The Morgan fingerprint density at radius 2 is 1.80 bits per heavy atom. The molecule has 0 aliphatic rings. The van der Waals surface area contributed by atoms with E-state index < -0.39 is 12.0 Å². The third kappa shape index (κ3) is 5.30. The molecular formula is C15H21NO4. The number of amides is 1. The van der Waals surface area contributed by atoms with Gasteiger partial charge >= 0.3 is 5.97 Å². The average molecular weight is 279 g/mol. The molecule has 1 N–H and O–H groups in total. The maximum atomic E-state index is 12.0. The van der Waals surface area contributed by atoms with Crippen LogP contribution < -0.4 is 10.1 Å². The van der Waals surface area contributed by atoms with Gasteiger partial charge in [-0.1, -0.05) is 12.1 Å². The number of nitrogens with one attached hydrogen (secondary N) is 1. The molecule has 1 amide bonds. The van der Waals surface area contributed by atoms with Gasteiger partial charge in [0.15, 0.2) is 0 Å². The zero-order chi connectivity index (χ0) is 15.1. The third-order valence-electron chi connectivity index (χ3n) is 2.61. The van der Waals surface area contributed by atoms with Gasteiger partial charge in [0, 0.05) is 13.3 Å². The standard InChI is InChI=1S/C15H21NO4/c1-10(2)20-15(18)14(16-11(3)17)9-12-5-7-13(19-4)8-6-12/h5-8,10,14H,9H2,1-4H3,(H,16,17)/t14-/m1/s1. The zero-order valence-electron chi connectivity index (χ0n) is 12.3. The average Bonchev–Trinajstić information content (AvgIpc) is 2.37. The molecule has 0 aromatic heterocycles. The molecule has 1 aromatic carbocycles.